The molecule has 168 valence electrons. The van der Waals surface area contributed by atoms with E-state index in [1.165, 1.54) is 16.8 Å². The largest absolute Gasteiger partial charge is 0.481 e. The molecular weight excluding hydrogens is 492 g/mol. The molecule has 9 heteroatoms. The van der Waals surface area contributed by atoms with Gasteiger partial charge in [0, 0.05) is 12.7 Å². The van der Waals surface area contributed by atoms with Crippen molar-refractivity contribution in [3.05, 3.63) is 127 Å². The molecule has 4 rings (SSSR count). The Morgan fingerprint density at radius 3 is 2.06 bits per heavy atom. The number of esters is 1. The summed E-state index contributed by atoms with van der Waals surface area (Å²) in [5.74, 6) is -0.448. The van der Waals surface area contributed by atoms with E-state index < -0.39 is 17.2 Å². The molecule has 0 atom stereocenters. The summed E-state index contributed by atoms with van der Waals surface area (Å²) in [6.45, 7) is 0.372. The normalized spacial score (nSPS) is 14.5. The Balaban J connectivity index is 1.61. The highest BCUT2D eigenvalue weighted by Gasteiger charge is 2.34. The molecule has 0 fully saturated rings. The maximum absolute atomic E-state index is 12.6. The lowest BCUT2D eigenvalue weighted by Crippen LogP contribution is -2.29. The Morgan fingerprint density at radius 1 is 0.879 bits per heavy atom. The molecule has 0 bridgehead atoms. The number of aromatic nitrogens is 2. The number of rotatable bonds is 8. The van der Waals surface area contributed by atoms with Crippen molar-refractivity contribution in [2.75, 3.05) is 0 Å². The second-order valence-corrected chi connectivity index (χ2v) is 7.91. The zero-order chi connectivity index (χ0) is 23.2. The van der Waals surface area contributed by atoms with Crippen molar-refractivity contribution in [1.29, 1.82) is 0 Å². The predicted molar refractivity (Wildman–Crippen MR) is 123 cm³/mol. The van der Waals surface area contributed by atoms with Crippen molar-refractivity contribution in [2.45, 2.75) is 19.8 Å². The quantitative estimate of drug-likeness (QED) is 0.466. The monoisotopic (exact) mass is 510 g/mol. The first-order valence-electron chi connectivity index (χ1n) is 10.0. The van der Waals surface area contributed by atoms with Crippen LogP contribution in [0, 0.1) is 0 Å². The van der Waals surface area contributed by atoms with Crippen LogP contribution in [0.1, 0.15) is 11.1 Å². The van der Waals surface area contributed by atoms with Gasteiger partial charge in [-0.25, -0.2) is 9.59 Å². The Hall–Kier alpha value is -3.85. The van der Waals surface area contributed by atoms with E-state index in [9.17, 15) is 14.4 Å². The number of H-pyrrole nitrogens is 1. The Morgan fingerprint density at radius 2 is 1.45 bits per heavy atom. The Bertz CT molecular complexity index is 1330. The molecule has 2 aromatic carbocycles. The number of hydrogen-bond donors (Lipinski definition) is 1. The lowest BCUT2D eigenvalue weighted by molar-refractivity contribution is -0.136. The molecule has 0 unspecified atom stereocenters. The number of carbonyl (C=O) groups is 1. The molecule has 0 aliphatic carbocycles. The molecule has 8 nitrogen and oxygen atoms in total. The lowest BCUT2D eigenvalue weighted by atomic mass is 10.2. The van der Waals surface area contributed by atoms with Gasteiger partial charge in [0.1, 0.15) is 13.2 Å². The minimum Gasteiger partial charge on any atom is -0.481 e. The van der Waals surface area contributed by atoms with Gasteiger partial charge in [-0.1, -0.05) is 60.7 Å². The summed E-state index contributed by atoms with van der Waals surface area (Å²) in [7, 11) is 0. The first-order valence-corrected chi connectivity index (χ1v) is 10.8. The minimum absolute atomic E-state index is 0.0288. The van der Waals surface area contributed by atoms with Crippen LogP contribution in [0.3, 0.4) is 0 Å². The van der Waals surface area contributed by atoms with Gasteiger partial charge in [0.25, 0.3) is 11.3 Å². The summed E-state index contributed by atoms with van der Waals surface area (Å²) in [5, 5.41) is 0. The molecule has 1 aliphatic rings. The van der Waals surface area contributed by atoms with E-state index in [1.54, 1.807) is 0 Å². The van der Waals surface area contributed by atoms with Crippen molar-refractivity contribution in [2.24, 2.45) is 0 Å². The highest BCUT2D eigenvalue weighted by atomic mass is 79.9. The maximum Gasteiger partial charge on any atom is 0.383 e. The molecular formula is C24H19BrN2O6. The van der Waals surface area contributed by atoms with Gasteiger partial charge in [0.15, 0.2) is 5.76 Å². The number of ether oxygens (including phenoxy) is 3. The van der Waals surface area contributed by atoms with Crippen molar-refractivity contribution < 1.29 is 19.0 Å². The van der Waals surface area contributed by atoms with Crippen LogP contribution in [0.2, 0.25) is 0 Å². The Kier molecular flexibility index (Phi) is 6.89. The molecule has 33 heavy (non-hydrogen) atoms. The number of aromatic amines is 1. The number of hydrogen-bond acceptors (Lipinski definition) is 6. The number of allylic oxidation sites excluding steroid dienone is 1. The van der Waals surface area contributed by atoms with Crippen molar-refractivity contribution >= 4 is 21.9 Å². The van der Waals surface area contributed by atoms with E-state index in [0.717, 1.165) is 11.1 Å². The maximum atomic E-state index is 12.6. The summed E-state index contributed by atoms with van der Waals surface area (Å²) < 4.78 is 18.5. The molecule has 0 saturated carbocycles. The highest BCUT2D eigenvalue weighted by Crippen LogP contribution is 2.30. The van der Waals surface area contributed by atoms with E-state index in [0.29, 0.717) is 0 Å². The Labute approximate surface area is 196 Å². The van der Waals surface area contributed by atoms with Gasteiger partial charge in [-0.05, 0) is 33.1 Å². The molecule has 1 N–H and O–H groups in total. The SMILES string of the molecule is O=C1O/C(=C\Cn2cc(Br)c(=O)[nH]c2=O)C(OCc2ccccc2)=C1OCc1ccccc1. The summed E-state index contributed by atoms with van der Waals surface area (Å²) in [5.41, 5.74) is 0.648. The highest BCUT2D eigenvalue weighted by molar-refractivity contribution is 9.10. The predicted octanol–water partition coefficient (Wildman–Crippen LogP) is 3.39. The van der Waals surface area contributed by atoms with E-state index in [2.05, 4.69) is 20.9 Å². The smallest absolute Gasteiger partial charge is 0.383 e. The van der Waals surface area contributed by atoms with Gasteiger partial charge < -0.3 is 14.2 Å². The zero-order valence-electron chi connectivity index (χ0n) is 17.3. The molecule has 1 aromatic heterocycles. The summed E-state index contributed by atoms with van der Waals surface area (Å²) in [6, 6.07) is 18.8. The van der Waals surface area contributed by atoms with Crippen LogP contribution in [0.15, 0.2) is 104 Å². The van der Waals surface area contributed by atoms with Gasteiger partial charge in [-0.15, -0.1) is 0 Å². The van der Waals surface area contributed by atoms with Crippen LogP contribution < -0.4 is 11.2 Å². The third-order valence-corrected chi connectivity index (χ3v) is 5.28. The average Bonchev–Trinajstić information content (AvgIpc) is 3.13. The molecule has 0 amide bonds. The zero-order valence-corrected chi connectivity index (χ0v) is 18.9. The lowest BCUT2D eigenvalue weighted by Gasteiger charge is -2.10. The van der Waals surface area contributed by atoms with Crippen molar-refractivity contribution in [1.82, 2.24) is 9.55 Å². The number of cyclic esters (lactones) is 1. The number of nitrogens with zero attached hydrogens (tertiary/aromatic N) is 1. The van der Waals surface area contributed by atoms with Crippen LogP contribution in [-0.4, -0.2) is 15.5 Å². The second kappa shape index (κ2) is 10.2. The van der Waals surface area contributed by atoms with Crippen molar-refractivity contribution in [3.63, 3.8) is 0 Å². The third-order valence-electron chi connectivity index (χ3n) is 4.71. The number of benzene rings is 2. The molecule has 0 saturated heterocycles. The van der Waals surface area contributed by atoms with Gasteiger partial charge in [-0.3, -0.25) is 14.3 Å². The van der Waals surface area contributed by atoms with Crippen LogP contribution in [0.5, 0.6) is 0 Å². The number of nitrogens with one attached hydrogen (secondary N) is 1. The third kappa shape index (κ3) is 5.50. The number of carbonyl (C=O) groups excluding carboxylic acids is 1. The second-order valence-electron chi connectivity index (χ2n) is 7.05. The molecule has 0 radical (unpaired) electrons. The van der Waals surface area contributed by atoms with Crippen LogP contribution in [0.25, 0.3) is 0 Å². The fourth-order valence-electron chi connectivity index (χ4n) is 3.05. The van der Waals surface area contributed by atoms with Crippen molar-refractivity contribution in [3.8, 4) is 0 Å². The summed E-state index contributed by atoms with van der Waals surface area (Å²) >= 11 is 3.09. The van der Waals surface area contributed by atoms with E-state index in [-0.39, 0.29) is 41.5 Å². The van der Waals surface area contributed by atoms with Crippen LogP contribution in [0.4, 0.5) is 0 Å². The molecule has 0 spiro atoms. The van der Waals surface area contributed by atoms with Crippen LogP contribution in [-0.2, 0) is 38.8 Å². The van der Waals surface area contributed by atoms with Gasteiger partial charge >= 0.3 is 11.7 Å². The van der Waals surface area contributed by atoms with Gasteiger partial charge in [0.05, 0.1) is 4.47 Å². The fraction of sp³-hybridized carbons (Fsp3) is 0.125. The first kappa shape index (κ1) is 22.3. The molecule has 1 aliphatic heterocycles. The van der Waals surface area contributed by atoms with Crippen LogP contribution >= 0.6 is 15.9 Å². The van der Waals surface area contributed by atoms with Gasteiger partial charge in [0.2, 0.25) is 5.76 Å². The topological polar surface area (TPSA) is 99.6 Å². The van der Waals surface area contributed by atoms with E-state index in [4.69, 9.17) is 14.2 Å². The summed E-state index contributed by atoms with van der Waals surface area (Å²) in [4.78, 5) is 38.4. The first-order chi connectivity index (χ1) is 16.0. The standard InChI is InChI=1S/C24H19BrN2O6/c25-18-13-27(24(30)26-22(18)28)12-11-19-20(31-14-16-7-3-1-4-8-16)21(23(29)33-19)32-15-17-9-5-2-6-10-17/h1-11,13H,12,14-15H2,(H,26,28,30)/b19-11-. The average molecular weight is 511 g/mol. The van der Waals surface area contributed by atoms with E-state index in [1.807, 2.05) is 60.7 Å². The van der Waals surface area contributed by atoms with Gasteiger partial charge in [-0.2, -0.15) is 0 Å². The fourth-order valence-corrected chi connectivity index (χ4v) is 3.40. The molecule has 3 aromatic rings. The van der Waals surface area contributed by atoms with E-state index >= 15 is 0 Å². The molecule has 2 heterocycles. The minimum atomic E-state index is -0.685. The summed E-state index contributed by atoms with van der Waals surface area (Å²) in [6.07, 6.45) is 2.87. The number of halogens is 1.